The summed E-state index contributed by atoms with van der Waals surface area (Å²) in [6.45, 7) is 0. The van der Waals surface area contributed by atoms with Crippen LogP contribution in [0.4, 0.5) is 0 Å². The molecule has 1 aliphatic rings. The predicted molar refractivity (Wildman–Crippen MR) is 114 cm³/mol. The smallest absolute Gasteiger partial charge is 0.344 e. The number of nitrogens with two attached hydrogens (primary N) is 1. The van der Waals surface area contributed by atoms with Crippen molar-refractivity contribution in [1.29, 1.82) is 0 Å². The van der Waals surface area contributed by atoms with Crippen LogP contribution in [0.5, 0.6) is 23.0 Å². The number of hydrogen-bond acceptors (Lipinski definition) is 9. The van der Waals surface area contributed by atoms with E-state index in [-0.39, 0.29) is 22.8 Å². The number of esters is 1. The summed E-state index contributed by atoms with van der Waals surface area (Å²) in [5, 5.41) is 0.534. The second-order valence-corrected chi connectivity index (χ2v) is 6.89. The fourth-order valence-corrected chi connectivity index (χ4v) is 3.88. The van der Waals surface area contributed by atoms with Gasteiger partial charge in [0.2, 0.25) is 11.6 Å². The second-order valence-electron chi connectivity index (χ2n) is 6.89. The van der Waals surface area contributed by atoms with Gasteiger partial charge in [-0.2, -0.15) is 0 Å². The van der Waals surface area contributed by atoms with Crippen molar-refractivity contribution in [2.24, 2.45) is 5.73 Å². The van der Waals surface area contributed by atoms with Crippen LogP contribution < -0.4 is 30.3 Å². The van der Waals surface area contributed by atoms with Crippen molar-refractivity contribution in [3.63, 3.8) is 0 Å². The van der Waals surface area contributed by atoms with Crippen molar-refractivity contribution >= 4 is 16.9 Å². The van der Waals surface area contributed by atoms with Crippen LogP contribution in [-0.4, -0.2) is 34.4 Å². The number of carbonyl (C=O) groups is 1. The Balaban J connectivity index is 2.09. The molecule has 0 radical (unpaired) electrons. The van der Waals surface area contributed by atoms with Gasteiger partial charge in [0.1, 0.15) is 11.2 Å². The van der Waals surface area contributed by atoms with Crippen molar-refractivity contribution in [2.45, 2.75) is 5.92 Å². The molecular formula is C23H21NO8. The molecule has 32 heavy (non-hydrogen) atoms. The topological polar surface area (TPSA) is 119 Å². The molecule has 2 N–H and O–H groups in total. The molecule has 0 fully saturated rings. The van der Waals surface area contributed by atoms with E-state index >= 15 is 0 Å². The molecule has 1 atom stereocenters. The van der Waals surface area contributed by atoms with E-state index in [4.69, 9.17) is 33.8 Å². The van der Waals surface area contributed by atoms with Gasteiger partial charge in [0, 0.05) is 0 Å². The zero-order valence-electron chi connectivity index (χ0n) is 17.9. The molecule has 2 heterocycles. The predicted octanol–water partition coefficient (Wildman–Crippen LogP) is 2.69. The highest BCUT2D eigenvalue weighted by Gasteiger charge is 2.40. The van der Waals surface area contributed by atoms with E-state index in [0.29, 0.717) is 33.8 Å². The molecule has 2 aromatic carbocycles. The van der Waals surface area contributed by atoms with Crippen LogP contribution in [0, 0.1) is 0 Å². The van der Waals surface area contributed by atoms with Crippen molar-refractivity contribution in [3.8, 4) is 23.0 Å². The number of methoxy groups -OCH3 is 4. The molecule has 0 bridgehead atoms. The van der Waals surface area contributed by atoms with Gasteiger partial charge in [-0.05, 0) is 29.8 Å². The summed E-state index contributed by atoms with van der Waals surface area (Å²) in [6, 6.07) is 10.1. The minimum absolute atomic E-state index is 0.0446. The highest BCUT2D eigenvalue weighted by molar-refractivity contribution is 5.94. The standard InChI is InChI=1S/C23H21NO8/c1-27-14-9-11(10-15(28-2)20(14)29-3)16-17-19(32-21(24)18(16)22(25)30-4)12-7-5-6-8-13(12)31-23(17)26/h5-10,16H,24H2,1-4H3. The summed E-state index contributed by atoms with van der Waals surface area (Å²) in [5.41, 5.74) is 6.35. The van der Waals surface area contributed by atoms with Crippen molar-refractivity contribution in [2.75, 3.05) is 28.4 Å². The number of ether oxygens (including phenoxy) is 5. The molecular weight excluding hydrogens is 418 g/mol. The normalized spacial score (nSPS) is 15.1. The Morgan fingerprint density at radius 1 is 1.00 bits per heavy atom. The summed E-state index contributed by atoms with van der Waals surface area (Å²) in [5.74, 6) is -0.668. The molecule has 4 rings (SSSR count). The first-order valence-corrected chi connectivity index (χ1v) is 9.56. The lowest BCUT2D eigenvalue weighted by Crippen LogP contribution is -2.30. The maximum absolute atomic E-state index is 13.1. The highest BCUT2D eigenvalue weighted by Crippen LogP contribution is 2.47. The lowest BCUT2D eigenvalue weighted by molar-refractivity contribution is -0.136. The van der Waals surface area contributed by atoms with Crippen molar-refractivity contribution in [3.05, 3.63) is 69.4 Å². The van der Waals surface area contributed by atoms with Gasteiger partial charge in [0.25, 0.3) is 0 Å². The van der Waals surface area contributed by atoms with E-state index in [9.17, 15) is 9.59 Å². The quantitative estimate of drug-likeness (QED) is 0.473. The van der Waals surface area contributed by atoms with E-state index < -0.39 is 17.5 Å². The van der Waals surface area contributed by atoms with Crippen LogP contribution in [0.15, 0.2) is 57.1 Å². The zero-order chi connectivity index (χ0) is 23.0. The number of benzene rings is 2. The Hall–Kier alpha value is -4.14. The van der Waals surface area contributed by atoms with E-state index in [1.54, 1.807) is 36.4 Å². The SMILES string of the molecule is COC(=O)C1=C(N)Oc2c(c(=O)oc3ccccc23)C1c1cc(OC)c(OC)c(OC)c1. The third kappa shape index (κ3) is 3.18. The fourth-order valence-electron chi connectivity index (χ4n) is 3.88. The average molecular weight is 439 g/mol. The molecule has 0 saturated heterocycles. The summed E-state index contributed by atoms with van der Waals surface area (Å²) in [4.78, 5) is 25.8. The van der Waals surface area contributed by atoms with Gasteiger partial charge < -0.3 is 33.8 Å². The first kappa shape index (κ1) is 21.1. The van der Waals surface area contributed by atoms with Gasteiger partial charge >= 0.3 is 11.6 Å². The van der Waals surface area contributed by atoms with E-state index in [2.05, 4.69) is 0 Å². The van der Waals surface area contributed by atoms with Gasteiger partial charge in [-0.15, -0.1) is 0 Å². The van der Waals surface area contributed by atoms with Gasteiger partial charge in [0.05, 0.1) is 45.3 Å². The number of fused-ring (bicyclic) bond motifs is 3. The van der Waals surface area contributed by atoms with Gasteiger partial charge in [-0.1, -0.05) is 12.1 Å². The maximum Gasteiger partial charge on any atom is 0.344 e. The molecule has 0 spiro atoms. The van der Waals surface area contributed by atoms with Gasteiger partial charge in [-0.3, -0.25) is 0 Å². The molecule has 1 aromatic heterocycles. The van der Waals surface area contributed by atoms with Crippen LogP contribution in [0.3, 0.4) is 0 Å². The minimum atomic E-state index is -0.972. The van der Waals surface area contributed by atoms with Gasteiger partial charge in [-0.25, -0.2) is 9.59 Å². The molecule has 1 aliphatic heterocycles. The molecule has 0 saturated carbocycles. The monoisotopic (exact) mass is 439 g/mol. The Morgan fingerprint density at radius 3 is 2.25 bits per heavy atom. The largest absolute Gasteiger partial charge is 0.493 e. The highest BCUT2D eigenvalue weighted by atomic mass is 16.5. The van der Waals surface area contributed by atoms with E-state index in [1.165, 1.54) is 28.4 Å². The first-order chi connectivity index (χ1) is 15.4. The Labute approximate surface area is 182 Å². The molecule has 9 nitrogen and oxygen atoms in total. The minimum Gasteiger partial charge on any atom is -0.493 e. The summed E-state index contributed by atoms with van der Waals surface area (Å²) < 4.78 is 32.5. The Kier molecular flexibility index (Phi) is 5.40. The van der Waals surface area contributed by atoms with Gasteiger partial charge in [0.15, 0.2) is 17.2 Å². The molecule has 166 valence electrons. The third-order valence-electron chi connectivity index (χ3n) is 5.28. The number of carbonyl (C=O) groups excluding carboxylic acids is 1. The van der Waals surface area contributed by atoms with Crippen LogP contribution in [0.1, 0.15) is 17.0 Å². The van der Waals surface area contributed by atoms with E-state index in [0.717, 1.165) is 0 Å². The summed E-state index contributed by atoms with van der Waals surface area (Å²) >= 11 is 0. The first-order valence-electron chi connectivity index (χ1n) is 9.56. The van der Waals surface area contributed by atoms with Crippen LogP contribution in [0.2, 0.25) is 0 Å². The molecule has 0 amide bonds. The van der Waals surface area contributed by atoms with Crippen molar-refractivity contribution in [1.82, 2.24) is 0 Å². The van der Waals surface area contributed by atoms with Crippen LogP contribution in [0.25, 0.3) is 11.0 Å². The fraction of sp³-hybridized carbons (Fsp3) is 0.217. The lowest BCUT2D eigenvalue weighted by atomic mass is 9.83. The second kappa shape index (κ2) is 8.18. The molecule has 3 aromatic rings. The number of para-hydroxylation sites is 1. The molecule has 9 heteroatoms. The number of rotatable bonds is 5. The van der Waals surface area contributed by atoms with Crippen molar-refractivity contribution < 1.29 is 32.9 Å². The average Bonchev–Trinajstić information content (AvgIpc) is 2.81. The number of hydrogen-bond donors (Lipinski definition) is 1. The van der Waals surface area contributed by atoms with E-state index in [1.807, 2.05) is 0 Å². The molecule has 0 aliphatic carbocycles. The summed E-state index contributed by atoms with van der Waals surface area (Å²) in [6.07, 6.45) is 0. The molecule has 1 unspecified atom stereocenters. The van der Waals surface area contributed by atoms with Crippen LogP contribution >= 0.6 is 0 Å². The lowest BCUT2D eigenvalue weighted by Gasteiger charge is -2.28. The zero-order valence-corrected chi connectivity index (χ0v) is 17.9. The van der Waals surface area contributed by atoms with Crippen LogP contribution in [-0.2, 0) is 9.53 Å². The maximum atomic E-state index is 13.1. The third-order valence-corrected chi connectivity index (χ3v) is 5.28. The Morgan fingerprint density at radius 2 is 1.66 bits per heavy atom. The summed E-state index contributed by atoms with van der Waals surface area (Å²) in [7, 11) is 5.62. The Bertz CT molecular complexity index is 1280.